The number of aromatic nitrogens is 3. The van der Waals surface area contributed by atoms with Crippen LogP contribution in [0.1, 0.15) is 28.4 Å². The van der Waals surface area contributed by atoms with Crippen LogP contribution in [-0.2, 0) is 13.0 Å². The number of imidazole rings is 1. The highest BCUT2D eigenvalue weighted by atomic mass is 35.5. The summed E-state index contributed by atoms with van der Waals surface area (Å²) >= 11 is 12.5. The van der Waals surface area contributed by atoms with Gasteiger partial charge < -0.3 is 9.88 Å². The Morgan fingerprint density at radius 3 is 2.43 bits per heavy atom. The molecule has 1 amide bonds. The smallest absolute Gasteiger partial charge is 0.258 e. The van der Waals surface area contributed by atoms with Crippen molar-refractivity contribution in [2.45, 2.75) is 19.9 Å². The Hall–Kier alpha value is -3.67. The number of nitrogens with one attached hydrogen (secondary N) is 1. The van der Waals surface area contributed by atoms with E-state index in [2.05, 4.69) is 33.9 Å². The maximum Gasteiger partial charge on any atom is 0.258 e. The molecule has 174 valence electrons. The van der Waals surface area contributed by atoms with Crippen LogP contribution in [0.3, 0.4) is 0 Å². The second-order valence-electron chi connectivity index (χ2n) is 8.11. The van der Waals surface area contributed by atoms with Crippen LogP contribution in [0.2, 0.25) is 10.0 Å². The summed E-state index contributed by atoms with van der Waals surface area (Å²) < 4.78 is 2.14. The fourth-order valence-corrected chi connectivity index (χ4v) is 4.84. The molecule has 0 unspecified atom stereocenters. The number of rotatable bonds is 6. The zero-order valence-corrected chi connectivity index (χ0v) is 20.5. The molecule has 0 spiro atoms. The topological polar surface area (TPSA) is 59.8 Å². The van der Waals surface area contributed by atoms with Gasteiger partial charge in [-0.1, -0.05) is 78.7 Å². The Morgan fingerprint density at radius 2 is 1.69 bits per heavy atom. The standard InChI is InChI=1S/C28H22Cl2N4O/c1-2-18-16-32-26-20(21(18)17-34-15-14-31-27(34)19-8-4-3-5-9-19)10-6-13-24(26)33-28(35)25-22(29)11-7-12-23(25)30/h3-16H,2,17H2,1H3,(H,33,35). The zero-order valence-electron chi connectivity index (χ0n) is 19.0. The van der Waals surface area contributed by atoms with Gasteiger partial charge in [-0.2, -0.15) is 0 Å². The molecule has 5 rings (SSSR count). The van der Waals surface area contributed by atoms with E-state index in [0.29, 0.717) is 27.8 Å². The maximum absolute atomic E-state index is 13.0. The highest BCUT2D eigenvalue weighted by molar-refractivity contribution is 6.40. The Morgan fingerprint density at radius 1 is 0.943 bits per heavy atom. The summed E-state index contributed by atoms with van der Waals surface area (Å²) in [5.74, 6) is 0.521. The minimum atomic E-state index is -0.378. The Labute approximate surface area is 213 Å². The van der Waals surface area contributed by atoms with Crippen molar-refractivity contribution in [3.05, 3.63) is 112 Å². The summed E-state index contributed by atoms with van der Waals surface area (Å²) in [5.41, 5.74) is 4.88. The highest BCUT2D eigenvalue weighted by Crippen LogP contribution is 2.31. The van der Waals surface area contributed by atoms with E-state index < -0.39 is 0 Å². The number of amides is 1. The van der Waals surface area contributed by atoms with Crippen LogP contribution in [0.15, 0.2) is 85.3 Å². The van der Waals surface area contributed by atoms with E-state index in [9.17, 15) is 4.79 Å². The summed E-state index contributed by atoms with van der Waals surface area (Å²) in [4.78, 5) is 22.3. The number of anilines is 1. The van der Waals surface area contributed by atoms with E-state index in [1.807, 2.05) is 55.0 Å². The molecule has 3 aromatic carbocycles. The van der Waals surface area contributed by atoms with E-state index in [-0.39, 0.29) is 11.5 Å². The van der Waals surface area contributed by atoms with Gasteiger partial charge in [0.1, 0.15) is 5.82 Å². The van der Waals surface area contributed by atoms with E-state index in [0.717, 1.165) is 34.3 Å². The lowest BCUT2D eigenvalue weighted by Gasteiger charge is -2.16. The Balaban J connectivity index is 1.56. The molecule has 0 bridgehead atoms. The molecule has 0 saturated heterocycles. The van der Waals surface area contributed by atoms with Gasteiger partial charge in [-0.15, -0.1) is 0 Å². The molecule has 0 aliphatic rings. The van der Waals surface area contributed by atoms with E-state index in [4.69, 9.17) is 28.2 Å². The summed E-state index contributed by atoms with van der Waals surface area (Å²) in [7, 11) is 0. The lowest BCUT2D eigenvalue weighted by Crippen LogP contribution is -2.14. The second kappa shape index (κ2) is 9.90. The third-order valence-electron chi connectivity index (χ3n) is 5.99. The fourth-order valence-electron chi connectivity index (χ4n) is 4.27. The number of carbonyl (C=O) groups is 1. The van der Waals surface area contributed by atoms with Gasteiger partial charge in [0.2, 0.25) is 0 Å². The summed E-state index contributed by atoms with van der Waals surface area (Å²) in [6.45, 7) is 2.74. The highest BCUT2D eigenvalue weighted by Gasteiger charge is 2.18. The first-order chi connectivity index (χ1) is 17.1. The molecule has 2 aromatic heterocycles. The van der Waals surface area contributed by atoms with Crippen LogP contribution in [0.4, 0.5) is 5.69 Å². The van der Waals surface area contributed by atoms with Gasteiger partial charge in [0.05, 0.1) is 33.4 Å². The van der Waals surface area contributed by atoms with Crippen LogP contribution >= 0.6 is 23.2 Å². The summed E-state index contributed by atoms with van der Waals surface area (Å²) in [6, 6.07) is 20.9. The largest absolute Gasteiger partial charge is 0.327 e. The van der Waals surface area contributed by atoms with Crippen molar-refractivity contribution in [2.75, 3.05) is 5.32 Å². The minimum Gasteiger partial charge on any atom is -0.327 e. The Bertz CT molecular complexity index is 1510. The SMILES string of the molecule is CCc1cnc2c(NC(=O)c3c(Cl)cccc3Cl)cccc2c1Cn1ccnc1-c1ccccc1. The van der Waals surface area contributed by atoms with Crippen molar-refractivity contribution >= 4 is 45.7 Å². The number of hydrogen-bond donors (Lipinski definition) is 1. The monoisotopic (exact) mass is 500 g/mol. The molecule has 0 aliphatic heterocycles. The minimum absolute atomic E-state index is 0.240. The molecule has 0 fully saturated rings. The molecule has 35 heavy (non-hydrogen) atoms. The van der Waals surface area contributed by atoms with Crippen LogP contribution < -0.4 is 5.32 Å². The number of halogens is 2. The molecule has 0 radical (unpaired) electrons. The number of carbonyl (C=O) groups excluding carboxylic acids is 1. The van der Waals surface area contributed by atoms with Gasteiger partial charge in [0, 0.05) is 29.5 Å². The van der Waals surface area contributed by atoms with Gasteiger partial charge in [-0.05, 0) is 35.7 Å². The predicted octanol–water partition coefficient (Wildman–Crippen LogP) is 7.27. The van der Waals surface area contributed by atoms with Crippen LogP contribution in [-0.4, -0.2) is 20.4 Å². The number of aryl methyl sites for hydroxylation is 1. The van der Waals surface area contributed by atoms with E-state index in [1.165, 1.54) is 0 Å². The summed E-state index contributed by atoms with van der Waals surface area (Å²) in [6.07, 6.45) is 6.52. The van der Waals surface area contributed by atoms with Gasteiger partial charge in [0.25, 0.3) is 5.91 Å². The van der Waals surface area contributed by atoms with Crippen molar-refractivity contribution in [3.63, 3.8) is 0 Å². The lowest BCUT2D eigenvalue weighted by atomic mass is 10.0. The van der Waals surface area contributed by atoms with Crippen molar-refractivity contribution in [2.24, 2.45) is 0 Å². The normalized spacial score (nSPS) is 11.1. The Kier molecular flexibility index (Phi) is 6.53. The number of fused-ring (bicyclic) bond motifs is 1. The predicted molar refractivity (Wildman–Crippen MR) is 142 cm³/mol. The average Bonchev–Trinajstić information content (AvgIpc) is 3.33. The quantitative estimate of drug-likeness (QED) is 0.266. The third kappa shape index (κ3) is 4.53. The number of pyridine rings is 1. The summed E-state index contributed by atoms with van der Waals surface area (Å²) in [5, 5.41) is 4.52. The molecular weight excluding hydrogens is 479 g/mol. The molecule has 5 aromatic rings. The van der Waals surface area contributed by atoms with Gasteiger partial charge in [0.15, 0.2) is 0 Å². The van der Waals surface area contributed by atoms with Crippen molar-refractivity contribution < 1.29 is 4.79 Å². The number of hydrogen-bond acceptors (Lipinski definition) is 3. The molecule has 1 N–H and O–H groups in total. The second-order valence-corrected chi connectivity index (χ2v) is 8.93. The number of benzene rings is 3. The molecule has 0 aliphatic carbocycles. The molecule has 0 atom stereocenters. The van der Waals surface area contributed by atoms with Crippen molar-refractivity contribution in [3.8, 4) is 11.4 Å². The third-order valence-corrected chi connectivity index (χ3v) is 6.62. The fraction of sp³-hybridized carbons (Fsp3) is 0.107. The van der Waals surface area contributed by atoms with Crippen LogP contribution in [0, 0.1) is 0 Å². The van der Waals surface area contributed by atoms with Gasteiger partial charge in [-0.25, -0.2) is 4.98 Å². The first-order valence-electron chi connectivity index (χ1n) is 11.3. The molecule has 0 saturated carbocycles. The van der Waals surface area contributed by atoms with E-state index >= 15 is 0 Å². The lowest BCUT2D eigenvalue weighted by molar-refractivity contribution is 0.102. The van der Waals surface area contributed by atoms with Gasteiger partial charge in [-0.3, -0.25) is 9.78 Å². The van der Waals surface area contributed by atoms with Crippen LogP contribution in [0.5, 0.6) is 0 Å². The van der Waals surface area contributed by atoms with E-state index in [1.54, 1.807) is 18.2 Å². The zero-order chi connectivity index (χ0) is 24.4. The first-order valence-corrected chi connectivity index (χ1v) is 12.0. The number of para-hydroxylation sites is 1. The van der Waals surface area contributed by atoms with Crippen molar-refractivity contribution in [1.82, 2.24) is 14.5 Å². The molecule has 5 nitrogen and oxygen atoms in total. The molecule has 7 heteroatoms. The number of nitrogens with zero attached hydrogens (tertiary/aromatic N) is 3. The average molecular weight is 501 g/mol. The first kappa shape index (κ1) is 23.1. The van der Waals surface area contributed by atoms with Crippen LogP contribution in [0.25, 0.3) is 22.3 Å². The van der Waals surface area contributed by atoms with Crippen molar-refractivity contribution in [1.29, 1.82) is 0 Å². The molecular formula is C28H22Cl2N4O. The molecule has 2 heterocycles. The van der Waals surface area contributed by atoms with Gasteiger partial charge >= 0.3 is 0 Å². The maximum atomic E-state index is 13.0.